The van der Waals surface area contributed by atoms with Gasteiger partial charge in [0, 0.05) is 14.0 Å². The largest absolute Gasteiger partial charge is 0.442 e. The number of hydrogen-bond acceptors (Lipinski definition) is 8. The molecule has 0 radical (unpaired) electrons. The second-order valence-electron chi connectivity index (χ2n) is 6.67. The molecule has 1 N–H and O–H groups in total. The molecule has 0 bridgehead atoms. The molecule has 1 aliphatic rings. The smallest absolute Gasteiger partial charge is 0.414 e. The number of ether oxygens (including phenoxy) is 1. The van der Waals surface area contributed by atoms with Crippen molar-refractivity contribution < 1.29 is 23.6 Å². The van der Waals surface area contributed by atoms with Crippen molar-refractivity contribution in [3.05, 3.63) is 52.2 Å². The fourth-order valence-corrected chi connectivity index (χ4v) is 2.92. The Morgan fingerprint density at radius 2 is 2.20 bits per heavy atom. The summed E-state index contributed by atoms with van der Waals surface area (Å²) in [6.45, 7) is 1.90. The van der Waals surface area contributed by atoms with Gasteiger partial charge in [-0.3, -0.25) is 9.69 Å². The van der Waals surface area contributed by atoms with Gasteiger partial charge >= 0.3 is 11.9 Å². The molecule has 12 heteroatoms. The molecule has 1 aliphatic heterocycles. The van der Waals surface area contributed by atoms with Crippen molar-refractivity contribution in [2.75, 3.05) is 29.9 Å². The third kappa shape index (κ3) is 4.77. The molecule has 0 aliphatic carbocycles. The minimum Gasteiger partial charge on any atom is -0.442 e. The number of carbonyl (C=O) groups is 2. The number of rotatable bonds is 7. The quantitative estimate of drug-likeness (QED) is 0.530. The van der Waals surface area contributed by atoms with Crippen LogP contribution >= 0.6 is 0 Å². The Bertz CT molecular complexity index is 970. The second-order valence-corrected chi connectivity index (χ2v) is 6.67. The number of nitrogens with one attached hydrogen (secondary N) is 1. The zero-order chi connectivity index (χ0) is 21.8. The lowest BCUT2D eigenvalue weighted by molar-refractivity contribution is -0.389. The number of nitro groups is 1. The van der Waals surface area contributed by atoms with E-state index in [-0.39, 0.29) is 37.0 Å². The maximum absolute atomic E-state index is 14.7. The van der Waals surface area contributed by atoms with Crippen LogP contribution in [0.5, 0.6) is 0 Å². The molecular weight excluding hydrogens is 399 g/mol. The molecule has 158 valence electrons. The van der Waals surface area contributed by atoms with E-state index in [0.717, 1.165) is 6.20 Å². The van der Waals surface area contributed by atoms with Crippen LogP contribution in [-0.2, 0) is 16.1 Å². The monoisotopic (exact) mass is 418 g/mol. The van der Waals surface area contributed by atoms with Crippen molar-refractivity contribution >= 4 is 29.2 Å². The summed E-state index contributed by atoms with van der Waals surface area (Å²) >= 11 is 0. The molecule has 30 heavy (non-hydrogen) atoms. The van der Waals surface area contributed by atoms with Gasteiger partial charge in [0.25, 0.3) is 0 Å². The van der Waals surface area contributed by atoms with E-state index in [0.29, 0.717) is 11.4 Å². The first kappa shape index (κ1) is 20.9. The molecule has 0 saturated carbocycles. The maximum Gasteiger partial charge on any atom is 0.414 e. The predicted octanol–water partition coefficient (Wildman–Crippen LogP) is 1.62. The number of carbonyl (C=O) groups excluding carboxylic acids is 2. The Balaban J connectivity index is 1.68. The molecule has 2 aromatic rings. The van der Waals surface area contributed by atoms with Crippen molar-refractivity contribution in [3.8, 4) is 0 Å². The fourth-order valence-electron chi connectivity index (χ4n) is 2.92. The second kappa shape index (κ2) is 8.68. The predicted molar refractivity (Wildman–Crippen MR) is 103 cm³/mol. The Morgan fingerprint density at radius 3 is 2.80 bits per heavy atom. The number of benzene rings is 1. The average molecular weight is 418 g/mol. The van der Waals surface area contributed by atoms with Crippen LogP contribution in [0.15, 0.2) is 30.6 Å². The summed E-state index contributed by atoms with van der Waals surface area (Å²) in [7, 11) is 1.63. The number of nitrogens with zero attached hydrogens (tertiary/aromatic N) is 5. The lowest BCUT2D eigenvalue weighted by Gasteiger charge is -2.21. The van der Waals surface area contributed by atoms with Crippen LogP contribution in [0.25, 0.3) is 0 Å². The third-order valence-corrected chi connectivity index (χ3v) is 4.38. The Labute approximate surface area is 170 Å². The van der Waals surface area contributed by atoms with E-state index in [9.17, 15) is 24.1 Å². The minimum absolute atomic E-state index is 0.172. The first-order valence-corrected chi connectivity index (χ1v) is 8.93. The number of aromatic nitrogens is 2. The van der Waals surface area contributed by atoms with Crippen molar-refractivity contribution in [2.24, 2.45) is 0 Å². The van der Waals surface area contributed by atoms with Crippen LogP contribution in [-0.4, -0.2) is 53.1 Å². The third-order valence-electron chi connectivity index (χ3n) is 4.38. The molecule has 2 amide bonds. The zero-order valence-electron chi connectivity index (χ0n) is 16.2. The molecule has 0 spiro atoms. The summed E-state index contributed by atoms with van der Waals surface area (Å²) in [6, 6.07) is 4.31. The van der Waals surface area contributed by atoms with Crippen LogP contribution < -0.4 is 15.1 Å². The standard InChI is InChI=1S/C18H19FN6O5/c1-11(26)20-7-14-10-24(18(27)30-14)13-3-4-16(15(19)5-13)23(2)9-12-6-22-17(8-21-12)25(28)29/h3-6,8,14H,7,9-10H2,1-2H3,(H,20,26)/t14-/m0/s1. The SMILES string of the molecule is CC(=O)NC[C@H]1CN(c2ccc(N(C)Cc3cnc([N+](=O)[O-])cn3)c(F)c2)C(=O)O1. The molecule has 1 aromatic carbocycles. The van der Waals surface area contributed by atoms with E-state index >= 15 is 0 Å². The van der Waals surface area contributed by atoms with E-state index in [4.69, 9.17) is 4.74 Å². The van der Waals surface area contributed by atoms with E-state index in [1.54, 1.807) is 18.0 Å². The van der Waals surface area contributed by atoms with E-state index in [1.165, 1.54) is 30.2 Å². The first-order chi connectivity index (χ1) is 14.2. The van der Waals surface area contributed by atoms with Crippen molar-refractivity contribution in [2.45, 2.75) is 19.6 Å². The number of hydrogen-bond donors (Lipinski definition) is 1. The number of halogens is 1. The molecule has 0 unspecified atom stereocenters. The normalized spacial score (nSPS) is 15.6. The van der Waals surface area contributed by atoms with Gasteiger partial charge in [-0.2, -0.15) is 0 Å². The van der Waals surface area contributed by atoms with Crippen LogP contribution in [0.2, 0.25) is 0 Å². The highest BCUT2D eigenvalue weighted by molar-refractivity contribution is 5.90. The highest BCUT2D eigenvalue weighted by atomic mass is 19.1. The van der Waals surface area contributed by atoms with Gasteiger partial charge in [0.1, 0.15) is 23.8 Å². The zero-order valence-corrected chi connectivity index (χ0v) is 16.2. The molecule has 1 aromatic heterocycles. The summed E-state index contributed by atoms with van der Waals surface area (Å²) in [5.74, 6) is -1.17. The van der Waals surface area contributed by atoms with Crippen molar-refractivity contribution in [1.29, 1.82) is 0 Å². The molecular formula is C18H19FN6O5. The Hall–Kier alpha value is -3.83. The van der Waals surface area contributed by atoms with Gasteiger partial charge in [-0.25, -0.2) is 14.2 Å². The van der Waals surface area contributed by atoms with Crippen LogP contribution in [0.1, 0.15) is 12.6 Å². The van der Waals surface area contributed by atoms with Crippen molar-refractivity contribution in [1.82, 2.24) is 15.3 Å². The Morgan fingerprint density at radius 1 is 1.43 bits per heavy atom. The highest BCUT2D eigenvalue weighted by Gasteiger charge is 2.32. The molecule has 1 fully saturated rings. The average Bonchev–Trinajstić information content (AvgIpc) is 3.07. The topological polar surface area (TPSA) is 131 Å². The van der Waals surface area contributed by atoms with Crippen LogP contribution in [0, 0.1) is 15.9 Å². The lowest BCUT2D eigenvalue weighted by Crippen LogP contribution is -2.33. The maximum atomic E-state index is 14.7. The van der Waals surface area contributed by atoms with E-state index < -0.39 is 22.9 Å². The number of cyclic esters (lactones) is 1. The number of amides is 2. The van der Waals surface area contributed by atoms with Crippen LogP contribution in [0.4, 0.5) is 26.4 Å². The molecule has 3 rings (SSSR count). The van der Waals surface area contributed by atoms with Gasteiger partial charge < -0.3 is 25.1 Å². The fraction of sp³-hybridized carbons (Fsp3) is 0.333. The van der Waals surface area contributed by atoms with E-state index in [1.807, 2.05) is 0 Å². The van der Waals surface area contributed by atoms with Crippen LogP contribution in [0.3, 0.4) is 0 Å². The van der Waals surface area contributed by atoms with Gasteiger partial charge in [0.05, 0.1) is 31.0 Å². The van der Waals surface area contributed by atoms with Gasteiger partial charge in [0.2, 0.25) is 5.91 Å². The summed E-state index contributed by atoms with van der Waals surface area (Å²) in [6.07, 6.45) is 1.16. The lowest BCUT2D eigenvalue weighted by atomic mass is 10.2. The highest BCUT2D eigenvalue weighted by Crippen LogP contribution is 2.28. The molecule has 2 heterocycles. The van der Waals surface area contributed by atoms with Gasteiger partial charge in [0.15, 0.2) is 6.20 Å². The minimum atomic E-state index is -0.650. The summed E-state index contributed by atoms with van der Waals surface area (Å²) < 4.78 is 19.9. The van der Waals surface area contributed by atoms with Gasteiger partial charge in [-0.05, 0) is 28.1 Å². The summed E-state index contributed by atoms with van der Waals surface area (Å²) in [5.41, 5.74) is 1.01. The van der Waals surface area contributed by atoms with Gasteiger partial charge in [-0.1, -0.05) is 0 Å². The van der Waals surface area contributed by atoms with Crippen molar-refractivity contribution in [3.63, 3.8) is 0 Å². The molecule has 1 atom stereocenters. The first-order valence-electron chi connectivity index (χ1n) is 8.93. The summed E-state index contributed by atoms with van der Waals surface area (Å²) in [5, 5.41) is 13.2. The van der Waals surface area contributed by atoms with Gasteiger partial charge in [-0.15, -0.1) is 0 Å². The molecule has 11 nitrogen and oxygen atoms in total. The van der Waals surface area contributed by atoms with E-state index in [2.05, 4.69) is 15.3 Å². The Kier molecular flexibility index (Phi) is 6.04. The number of anilines is 2. The molecule has 1 saturated heterocycles. The summed E-state index contributed by atoms with van der Waals surface area (Å²) in [4.78, 5) is 43.6.